The second-order valence-corrected chi connectivity index (χ2v) is 8.17. The normalized spacial score (nSPS) is 15.3. The van der Waals surface area contributed by atoms with Gasteiger partial charge in [-0.25, -0.2) is 13.8 Å². The van der Waals surface area contributed by atoms with E-state index in [1.807, 2.05) is 0 Å². The van der Waals surface area contributed by atoms with Crippen molar-refractivity contribution in [1.82, 2.24) is 15.3 Å². The molecule has 3 aromatic carbocycles. The van der Waals surface area contributed by atoms with Crippen LogP contribution in [0.2, 0.25) is 5.02 Å². The molecule has 6 nitrogen and oxygen atoms in total. The third kappa shape index (κ3) is 3.97. The first kappa shape index (κ1) is 22.8. The number of imidazole rings is 1. The summed E-state index contributed by atoms with van der Waals surface area (Å²) >= 11 is 6.24. The lowest BCUT2D eigenvalue weighted by atomic mass is 9.95. The number of carbonyl (C=O) groups excluding carboxylic acids is 2. The van der Waals surface area contributed by atoms with Crippen molar-refractivity contribution in [2.24, 2.45) is 0 Å². The number of anilines is 1. The number of amides is 2. The van der Waals surface area contributed by atoms with Crippen LogP contribution < -0.4 is 10.6 Å². The van der Waals surface area contributed by atoms with E-state index >= 15 is 0 Å². The summed E-state index contributed by atoms with van der Waals surface area (Å²) in [5, 5.41) is 5.25. The van der Waals surface area contributed by atoms with E-state index in [9.17, 15) is 31.5 Å². The molecule has 178 valence electrons. The fraction of sp³-hybridized carbons (Fsp3) is 0.0870. The van der Waals surface area contributed by atoms with Crippen molar-refractivity contribution in [3.63, 3.8) is 0 Å². The van der Waals surface area contributed by atoms with Gasteiger partial charge in [-0.2, -0.15) is 13.2 Å². The minimum absolute atomic E-state index is 0.0169. The summed E-state index contributed by atoms with van der Waals surface area (Å²) < 4.78 is 67.2. The van der Waals surface area contributed by atoms with Gasteiger partial charge in [0.1, 0.15) is 17.2 Å². The second-order valence-electron chi connectivity index (χ2n) is 7.76. The van der Waals surface area contributed by atoms with Crippen LogP contribution >= 0.6 is 11.6 Å². The highest BCUT2D eigenvalue weighted by Crippen LogP contribution is 2.42. The zero-order valence-electron chi connectivity index (χ0n) is 17.2. The van der Waals surface area contributed by atoms with Crippen LogP contribution in [0.3, 0.4) is 0 Å². The number of benzene rings is 3. The fourth-order valence-corrected chi connectivity index (χ4v) is 4.28. The molecule has 0 radical (unpaired) electrons. The Kier molecular flexibility index (Phi) is 5.24. The van der Waals surface area contributed by atoms with Gasteiger partial charge >= 0.3 is 6.18 Å². The molecule has 0 saturated heterocycles. The van der Waals surface area contributed by atoms with Gasteiger partial charge < -0.3 is 15.6 Å². The van der Waals surface area contributed by atoms with Gasteiger partial charge in [-0.15, -0.1) is 0 Å². The maximum absolute atomic E-state index is 14.0. The van der Waals surface area contributed by atoms with E-state index in [2.05, 4.69) is 20.6 Å². The van der Waals surface area contributed by atoms with Gasteiger partial charge in [0.2, 0.25) is 0 Å². The molecule has 1 atom stereocenters. The van der Waals surface area contributed by atoms with Gasteiger partial charge in [-0.05, 0) is 42.5 Å². The first-order valence-electron chi connectivity index (χ1n) is 9.98. The van der Waals surface area contributed by atoms with E-state index in [-0.39, 0.29) is 39.0 Å². The molecule has 0 saturated carbocycles. The molecule has 3 N–H and O–H groups in total. The second kappa shape index (κ2) is 8.05. The van der Waals surface area contributed by atoms with Crippen LogP contribution in [0.5, 0.6) is 0 Å². The summed E-state index contributed by atoms with van der Waals surface area (Å²) in [5.74, 6) is -3.51. The van der Waals surface area contributed by atoms with Crippen molar-refractivity contribution in [3.8, 4) is 0 Å². The number of nitrogens with zero attached hydrogens (tertiary/aromatic N) is 1. The van der Waals surface area contributed by atoms with Crippen molar-refractivity contribution in [2.45, 2.75) is 12.2 Å². The molecule has 1 unspecified atom stereocenters. The van der Waals surface area contributed by atoms with Gasteiger partial charge in [-0.3, -0.25) is 9.59 Å². The van der Waals surface area contributed by atoms with Crippen molar-refractivity contribution < 1.29 is 31.5 Å². The van der Waals surface area contributed by atoms with E-state index in [0.29, 0.717) is 17.6 Å². The van der Waals surface area contributed by atoms with Gasteiger partial charge in [0.25, 0.3) is 11.8 Å². The van der Waals surface area contributed by atoms with Gasteiger partial charge in [0, 0.05) is 27.4 Å². The predicted octanol–water partition coefficient (Wildman–Crippen LogP) is 5.60. The largest absolute Gasteiger partial charge is 0.416 e. The lowest BCUT2D eigenvalue weighted by Gasteiger charge is -2.18. The van der Waals surface area contributed by atoms with E-state index in [1.54, 1.807) is 0 Å². The smallest absolute Gasteiger partial charge is 0.345 e. The Balaban J connectivity index is 1.65. The third-order valence-corrected chi connectivity index (χ3v) is 5.89. The molecule has 0 fully saturated rings. The number of rotatable bonds is 3. The minimum atomic E-state index is -4.87. The maximum Gasteiger partial charge on any atom is 0.416 e. The highest BCUT2D eigenvalue weighted by Gasteiger charge is 2.37. The summed E-state index contributed by atoms with van der Waals surface area (Å²) in [5.41, 5.74) is -0.863. The first-order valence-corrected chi connectivity index (χ1v) is 10.4. The Hall–Kier alpha value is -3.99. The molecule has 0 aliphatic carbocycles. The molecular weight excluding hydrogens is 495 g/mol. The highest BCUT2D eigenvalue weighted by atomic mass is 35.5. The van der Waals surface area contributed by atoms with Crippen molar-refractivity contribution in [2.75, 3.05) is 5.32 Å². The minimum Gasteiger partial charge on any atom is -0.345 e. The molecule has 5 rings (SSSR count). The number of halogens is 6. The van der Waals surface area contributed by atoms with Crippen LogP contribution in [0.4, 0.5) is 27.6 Å². The van der Waals surface area contributed by atoms with Crippen molar-refractivity contribution >= 4 is 40.1 Å². The molecular formula is C23H12ClF5N4O2. The molecule has 2 amide bonds. The van der Waals surface area contributed by atoms with Crippen LogP contribution in [0, 0.1) is 11.6 Å². The molecule has 35 heavy (non-hydrogen) atoms. The first-order chi connectivity index (χ1) is 16.5. The van der Waals surface area contributed by atoms with Crippen LogP contribution in [-0.2, 0) is 6.18 Å². The van der Waals surface area contributed by atoms with Crippen LogP contribution in [0.25, 0.3) is 11.0 Å². The number of H-pyrrole nitrogens is 1. The predicted molar refractivity (Wildman–Crippen MR) is 116 cm³/mol. The lowest BCUT2D eigenvalue weighted by molar-refractivity contribution is -0.137. The summed E-state index contributed by atoms with van der Waals surface area (Å²) in [4.78, 5) is 32.7. The lowest BCUT2D eigenvalue weighted by Crippen LogP contribution is -2.21. The van der Waals surface area contributed by atoms with E-state index in [1.165, 1.54) is 18.5 Å². The fourth-order valence-electron chi connectivity index (χ4n) is 4.05. The van der Waals surface area contributed by atoms with Crippen molar-refractivity contribution in [3.05, 3.63) is 93.3 Å². The summed E-state index contributed by atoms with van der Waals surface area (Å²) in [6, 6.07) is 5.40. The van der Waals surface area contributed by atoms with Crippen LogP contribution in [-0.4, -0.2) is 21.8 Å². The molecule has 4 aromatic rings. The number of hydrogen-bond acceptors (Lipinski definition) is 3. The highest BCUT2D eigenvalue weighted by molar-refractivity contribution is 6.31. The summed E-state index contributed by atoms with van der Waals surface area (Å²) in [6.07, 6.45) is -3.56. The number of aromatic amines is 1. The SMILES string of the molecule is O=C(Nc1cc2[nH]cnc2c2c1C(c1cc(F)ccc1Cl)NC2=O)c1cc(F)cc(C(F)(F)F)c1. The standard InChI is InChI=1S/C23H12ClF5N4O2/c24-14-2-1-11(25)6-13(14)19-17-15(7-16-20(31-8-30-16)18(17)22(35)33-19)32-21(34)9-3-10(23(27,28)29)5-12(26)4-9/h1-8,19H,(H,30,31)(H,32,34)(H,33,35). The Morgan fingerprint density at radius 2 is 1.83 bits per heavy atom. The van der Waals surface area contributed by atoms with E-state index in [4.69, 9.17) is 11.6 Å². The average molecular weight is 507 g/mol. The zero-order chi connectivity index (χ0) is 25.1. The summed E-state index contributed by atoms with van der Waals surface area (Å²) in [7, 11) is 0. The van der Waals surface area contributed by atoms with Gasteiger partial charge in [0.15, 0.2) is 0 Å². The molecule has 2 heterocycles. The van der Waals surface area contributed by atoms with Gasteiger partial charge in [0.05, 0.1) is 29.0 Å². The summed E-state index contributed by atoms with van der Waals surface area (Å²) in [6.45, 7) is 0. The van der Waals surface area contributed by atoms with Crippen LogP contribution in [0.15, 0.2) is 48.8 Å². The Bertz CT molecular complexity index is 1530. The quantitative estimate of drug-likeness (QED) is 0.316. The maximum atomic E-state index is 14.0. The van der Waals surface area contributed by atoms with E-state index < -0.39 is 46.8 Å². The molecule has 1 aliphatic rings. The molecule has 1 aliphatic heterocycles. The van der Waals surface area contributed by atoms with E-state index in [0.717, 1.165) is 12.1 Å². The third-order valence-electron chi connectivity index (χ3n) is 5.55. The number of alkyl halides is 3. The number of fused-ring (bicyclic) bond motifs is 3. The topological polar surface area (TPSA) is 86.9 Å². The number of carbonyl (C=O) groups is 2. The Morgan fingerprint density at radius 3 is 2.57 bits per heavy atom. The average Bonchev–Trinajstić information content (AvgIpc) is 3.38. The number of nitrogens with one attached hydrogen (secondary N) is 3. The molecule has 12 heteroatoms. The van der Waals surface area contributed by atoms with Crippen molar-refractivity contribution in [1.29, 1.82) is 0 Å². The van der Waals surface area contributed by atoms with Gasteiger partial charge in [-0.1, -0.05) is 11.6 Å². The monoisotopic (exact) mass is 506 g/mol. The number of hydrogen-bond donors (Lipinski definition) is 3. The van der Waals surface area contributed by atoms with Crippen LogP contribution in [0.1, 0.15) is 43.4 Å². The number of aromatic nitrogens is 2. The molecule has 0 bridgehead atoms. The molecule has 1 aromatic heterocycles. The zero-order valence-corrected chi connectivity index (χ0v) is 18.0. The Morgan fingerprint density at radius 1 is 1.06 bits per heavy atom. The Labute approximate surface area is 198 Å². The molecule has 0 spiro atoms.